The number of thiophene rings is 1. The molecule has 1 atom stereocenters. The summed E-state index contributed by atoms with van der Waals surface area (Å²) >= 11 is 5.80. The van der Waals surface area contributed by atoms with Crippen LogP contribution >= 0.6 is 24.0 Å². The molecule has 46 valence electrons. The van der Waals surface area contributed by atoms with E-state index in [1.807, 2.05) is 17.5 Å². The van der Waals surface area contributed by atoms with Gasteiger partial charge >= 0.3 is 0 Å². The Balaban J connectivity index is 2.80. The molecule has 1 rings (SSSR count). The van der Waals surface area contributed by atoms with Crippen LogP contribution in [0, 0.1) is 12.3 Å². The Morgan fingerprint density at radius 1 is 1.78 bits per heavy atom. The first kappa shape index (κ1) is 6.73. The van der Waals surface area contributed by atoms with Crippen molar-refractivity contribution in [2.75, 3.05) is 0 Å². The van der Waals surface area contributed by atoms with Gasteiger partial charge in [0, 0.05) is 4.88 Å². The Hall–Kier alpha value is -0.390. The Morgan fingerprint density at radius 2 is 2.56 bits per heavy atom. The van der Waals surface area contributed by atoms with E-state index in [2.05, 4.69) is 18.5 Å². The van der Waals surface area contributed by atoms with Gasteiger partial charge in [-0.1, -0.05) is 12.0 Å². The van der Waals surface area contributed by atoms with Gasteiger partial charge in [-0.25, -0.2) is 0 Å². The highest BCUT2D eigenvalue weighted by molar-refractivity contribution is 7.81. The van der Waals surface area contributed by atoms with Crippen molar-refractivity contribution in [1.29, 1.82) is 0 Å². The average molecular weight is 154 g/mol. The predicted molar refractivity (Wildman–Crippen MR) is 44.9 cm³/mol. The molecule has 1 heterocycles. The average Bonchev–Trinajstić information content (AvgIpc) is 2.37. The molecule has 0 aromatic carbocycles. The zero-order chi connectivity index (χ0) is 6.69. The molecule has 0 fully saturated rings. The Bertz CT molecular complexity index is 205. The molecular weight excluding hydrogens is 148 g/mol. The van der Waals surface area contributed by atoms with Gasteiger partial charge in [0.1, 0.15) is 0 Å². The lowest BCUT2D eigenvalue weighted by molar-refractivity contribution is 1.38. The van der Waals surface area contributed by atoms with Gasteiger partial charge in [-0.15, -0.1) is 17.8 Å². The third kappa shape index (κ3) is 1.51. The van der Waals surface area contributed by atoms with Crippen LogP contribution in [0.5, 0.6) is 0 Å². The first-order chi connectivity index (χ1) is 4.34. The lowest BCUT2D eigenvalue weighted by Gasteiger charge is -1.94. The molecule has 0 nitrogen and oxygen atoms in total. The highest BCUT2D eigenvalue weighted by atomic mass is 32.1. The van der Waals surface area contributed by atoms with Crippen LogP contribution < -0.4 is 0 Å². The molecule has 0 aliphatic heterocycles. The second-order valence-electron chi connectivity index (χ2n) is 1.58. The summed E-state index contributed by atoms with van der Waals surface area (Å²) in [4.78, 5) is 1.14. The number of rotatable bonds is 1. The van der Waals surface area contributed by atoms with Crippen LogP contribution in [-0.4, -0.2) is 0 Å². The maximum atomic E-state index is 5.14. The van der Waals surface area contributed by atoms with Crippen molar-refractivity contribution in [3.63, 3.8) is 0 Å². The van der Waals surface area contributed by atoms with Crippen LogP contribution in [0.2, 0.25) is 0 Å². The van der Waals surface area contributed by atoms with Gasteiger partial charge in [-0.3, -0.25) is 0 Å². The van der Waals surface area contributed by atoms with Crippen molar-refractivity contribution in [3.05, 3.63) is 22.4 Å². The molecule has 1 aromatic rings. The SMILES string of the molecule is C#CC(S)c1cccs1. The van der Waals surface area contributed by atoms with Crippen molar-refractivity contribution in [2.24, 2.45) is 0 Å². The molecule has 0 N–H and O–H groups in total. The largest absolute Gasteiger partial charge is 0.157 e. The maximum Gasteiger partial charge on any atom is 0.0966 e. The summed E-state index contributed by atoms with van der Waals surface area (Å²) in [6.07, 6.45) is 5.14. The van der Waals surface area contributed by atoms with Crippen LogP contribution in [0.1, 0.15) is 10.1 Å². The molecule has 1 unspecified atom stereocenters. The summed E-state index contributed by atoms with van der Waals surface area (Å²) in [5, 5.41) is 1.97. The lowest BCUT2D eigenvalue weighted by atomic mass is 10.3. The Labute approximate surface area is 64.3 Å². The quantitative estimate of drug-likeness (QED) is 0.466. The molecule has 2 heteroatoms. The van der Waals surface area contributed by atoms with Crippen molar-refractivity contribution in [1.82, 2.24) is 0 Å². The highest BCUT2D eigenvalue weighted by Crippen LogP contribution is 2.22. The zero-order valence-electron chi connectivity index (χ0n) is 4.74. The highest BCUT2D eigenvalue weighted by Gasteiger charge is 2.00. The predicted octanol–water partition coefficient (Wildman–Crippen LogP) is 2.35. The third-order valence-corrected chi connectivity index (χ3v) is 2.51. The van der Waals surface area contributed by atoms with Crippen LogP contribution in [-0.2, 0) is 0 Å². The van der Waals surface area contributed by atoms with E-state index < -0.39 is 0 Å². The monoisotopic (exact) mass is 154 g/mol. The van der Waals surface area contributed by atoms with Crippen LogP contribution in [0.3, 0.4) is 0 Å². The molecule has 0 saturated heterocycles. The van der Waals surface area contributed by atoms with Crippen LogP contribution in [0.4, 0.5) is 0 Å². The van der Waals surface area contributed by atoms with Gasteiger partial charge in [0.15, 0.2) is 0 Å². The Morgan fingerprint density at radius 3 is 3.00 bits per heavy atom. The summed E-state index contributed by atoms with van der Waals surface area (Å²) in [5.74, 6) is 2.54. The van der Waals surface area contributed by atoms with E-state index in [0.717, 1.165) is 4.88 Å². The fourth-order valence-corrected chi connectivity index (χ4v) is 1.47. The second-order valence-corrected chi connectivity index (χ2v) is 3.08. The number of thiol groups is 1. The summed E-state index contributed by atoms with van der Waals surface area (Å²) in [5.41, 5.74) is 0. The van der Waals surface area contributed by atoms with E-state index in [9.17, 15) is 0 Å². The van der Waals surface area contributed by atoms with Gasteiger partial charge in [-0.05, 0) is 11.4 Å². The van der Waals surface area contributed by atoms with E-state index in [0.29, 0.717) is 0 Å². The van der Waals surface area contributed by atoms with Gasteiger partial charge in [0.2, 0.25) is 0 Å². The topological polar surface area (TPSA) is 0 Å². The van der Waals surface area contributed by atoms with Crippen molar-refractivity contribution in [2.45, 2.75) is 5.25 Å². The van der Waals surface area contributed by atoms with E-state index in [-0.39, 0.29) is 5.25 Å². The maximum absolute atomic E-state index is 5.14. The minimum atomic E-state index is -0.0231. The van der Waals surface area contributed by atoms with Crippen molar-refractivity contribution in [3.8, 4) is 12.3 Å². The fourth-order valence-electron chi connectivity index (χ4n) is 0.529. The minimum absolute atomic E-state index is 0.0231. The molecule has 0 radical (unpaired) electrons. The van der Waals surface area contributed by atoms with E-state index in [1.165, 1.54) is 0 Å². The number of hydrogen-bond donors (Lipinski definition) is 1. The molecular formula is C7H6S2. The Kier molecular flexibility index (Phi) is 2.21. The van der Waals surface area contributed by atoms with Crippen molar-refractivity contribution >= 4 is 24.0 Å². The molecule has 0 aliphatic carbocycles. The number of hydrogen-bond acceptors (Lipinski definition) is 2. The zero-order valence-corrected chi connectivity index (χ0v) is 6.45. The third-order valence-electron chi connectivity index (χ3n) is 0.971. The smallest absolute Gasteiger partial charge is 0.0966 e. The fraction of sp³-hybridized carbons (Fsp3) is 0.143. The molecule has 0 spiro atoms. The standard InChI is InChI=1S/C7H6S2/c1-2-6(8)7-4-3-5-9-7/h1,3-6,8H. The summed E-state index contributed by atoms with van der Waals surface area (Å²) < 4.78 is 0. The molecule has 0 saturated carbocycles. The first-order valence-corrected chi connectivity index (χ1v) is 3.92. The lowest BCUT2D eigenvalue weighted by Crippen LogP contribution is -1.77. The van der Waals surface area contributed by atoms with Crippen LogP contribution in [0.15, 0.2) is 17.5 Å². The molecule has 0 amide bonds. The number of terminal acetylenes is 1. The van der Waals surface area contributed by atoms with Gasteiger partial charge in [0.05, 0.1) is 5.25 Å². The van der Waals surface area contributed by atoms with Gasteiger partial charge in [0.25, 0.3) is 0 Å². The van der Waals surface area contributed by atoms with Crippen molar-refractivity contribution < 1.29 is 0 Å². The minimum Gasteiger partial charge on any atom is -0.157 e. The molecule has 0 aliphatic rings. The molecule has 1 aromatic heterocycles. The van der Waals surface area contributed by atoms with E-state index in [1.54, 1.807) is 11.3 Å². The first-order valence-electron chi connectivity index (χ1n) is 2.52. The van der Waals surface area contributed by atoms with Gasteiger partial charge in [-0.2, -0.15) is 12.6 Å². The summed E-state index contributed by atoms with van der Waals surface area (Å²) in [6.45, 7) is 0. The normalized spacial score (nSPS) is 12.4. The summed E-state index contributed by atoms with van der Waals surface area (Å²) in [6, 6.07) is 3.96. The summed E-state index contributed by atoms with van der Waals surface area (Å²) in [7, 11) is 0. The van der Waals surface area contributed by atoms with Crippen LogP contribution in [0.25, 0.3) is 0 Å². The molecule has 0 bridgehead atoms. The second kappa shape index (κ2) is 2.95. The van der Waals surface area contributed by atoms with Gasteiger partial charge < -0.3 is 0 Å². The van der Waals surface area contributed by atoms with E-state index in [4.69, 9.17) is 6.42 Å². The molecule has 9 heavy (non-hydrogen) atoms. The van der Waals surface area contributed by atoms with E-state index >= 15 is 0 Å².